The van der Waals surface area contributed by atoms with E-state index in [0.29, 0.717) is 0 Å². The minimum absolute atomic E-state index is 0. The Morgan fingerprint density at radius 1 is 0.138 bits per heavy atom. The van der Waals surface area contributed by atoms with Crippen LogP contribution in [0.3, 0.4) is 0 Å². The first-order valence-corrected chi connectivity index (χ1v) is 68.9. The highest BCUT2D eigenvalue weighted by atomic mass is 14.4. The van der Waals surface area contributed by atoms with E-state index in [1.165, 1.54) is 456 Å². The Balaban J connectivity index is -0.000000334. The van der Waals surface area contributed by atoms with Crippen molar-refractivity contribution in [1.29, 1.82) is 0 Å². The molecule has 0 spiro atoms. The van der Waals surface area contributed by atoms with Crippen molar-refractivity contribution in [2.45, 2.75) is 668 Å². The molecule has 0 unspecified atom stereocenters. The zero-order chi connectivity index (χ0) is 103. The van der Waals surface area contributed by atoms with Crippen LogP contribution in [0.2, 0.25) is 0 Å². The maximum atomic E-state index is 2.55. The first kappa shape index (κ1) is 128. The van der Waals surface area contributed by atoms with Crippen LogP contribution in [0.15, 0.2) is 85.1 Å². The highest BCUT2D eigenvalue weighted by Crippen LogP contribution is 2.51. The summed E-state index contributed by atoms with van der Waals surface area (Å²) in [5.74, 6) is 29.0. The van der Waals surface area contributed by atoms with E-state index in [1.807, 2.05) is 0 Å². The molecule has 0 radical (unpaired) electrons. The number of allylic oxidation sites excluding steroid dienone is 14. The molecule has 14 aliphatic carbocycles. The third kappa shape index (κ3) is 54.6. The fourth-order valence-electron chi connectivity index (χ4n) is 32.5. The summed E-state index contributed by atoms with van der Waals surface area (Å²) in [7, 11) is 0. The van der Waals surface area contributed by atoms with E-state index in [0.717, 1.165) is 166 Å². The van der Waals surface area contributed by atoms with Gasteiger partial charge >= 0.3 is 0 Å². The first-order valence-electron chi connectivity index (χ1n) is 68.9. The van der Waals surface area contributed by atoms with Crippen LogP contribution in [-0.4, -0.2) is 0 Å². The topological polar surface area (TPSA) is 0 Å². The fraction of sp³-hybridized carbons (Fsp3) is 0.903. The predicted octanol–water partition coefficient (Wildman–Crippen LogP) is 52.7. The minimum atomic E-state index is 0. The van der Waals surface area contributed by atoms with Gasteiger partial charge in [0, 0.05) is 20.0 Å². The molecule has 0 nitrogen and oxygen atoms in total. The van der Waals surface area contributed by atoms with Gasteiger partial charge in [0.05, 0.1) is 0 Å². The van der Waals surface area contributed by atoms with Crippen LogP contribution in [0.1, 0.15) is 688 Å². The molecule has 0 N–H and O–H groups in total. The molecule has 0 atom stereocenters. The van der Waals surface area contributed by atoms with Crippen molar-refractivity contribution in [3.8, 4) is 0 Å². The molecule has 14 rings (SSSR count). The summed E-state index contributed by atoms with van der Waals surface area (Å²) in [5.41, 5.74) is 0. The third-order valence-electron chi connectivity index (χ3n) is 43.0. The molecule has 0 aromatic carbocycles. The van der Waals surface area contributed by atoms with Gasteiger partial charge in [0.2, 0.25) is 0 Å². The Bertz CT molecular complexity index is 3130. The van der Waals surface area contributed by atoms with Gasteiger partial charge in [-0.25, -0.2) is 0 Å². The normalized spacial score (nSPS) is 34.7. The zero-order valence-corrected chi connectivity index (χ0v) is 101. The molecule has 0 saturated heterocycles. The molecule has 870 valence electrons. The van der Waals surface area contributed by atoms with Gasteiger partial charge < -0.3 is 0 Å². The predicted molar refractivity (Wildman–Crippen MR) is 682 cm³/mol. The van der Waals surface area contributed by atoms with Gasteiger partial charge in [0.25, 0.3) is 0 Å². The van der Waals surface area contributed by atoms with Gasteiger partial charge in [-0.05, 0) is 480 Å². The van der Waals surface area contributed by atoms with Crippen LogP contribution in [0.4, 0.5) is 0 Å². The maximum absolute atomic E-state index is 2.55. The van der Waals surface area contributed by atoms with Gasteiger partial charge in [-0.2, -0.15) is 0 Å². The Kier molecular flexibility index (Phi) is 73.1. The van der Waals surface area contributed by atoms with Crippen molar-refractivity contribution < 1.29 is 20.0 Å². The molecule has 14 fully saturated rings. The molecule has 0 heteroatoms. The van der Waals surface area contributed by atoms with Gasteiger partial charge in [0.15, 0.2) is 0 Å². The average Bonchev–Trinajstić information content (AvgIpc) is 0.852. The summed E-state index contributed by atoms with van der Waals surface area (Å²) < 4.78 is 0. The van der Waals surface area contributed by atoms with Crippen molar-refractivity contribution in [2.24, 2.45) is 166 Å². The lowest BCUT2D eigenvalue weighted by atomic mass is 9.68. The monoisotopic (exact) mass is 2030 g/mol. The van der Waals surface area contributed by atoms with E-state index < -0.39 is 0 Å². The second kappa shape index (κ2) is 82.6. The van der Waals surface area contributed by atoms with E-state index in [2.05, 4.69) is 182 Å². The van der Waals surface area contributed by atoms with Crippen molar-refractivity contribution in [1.82, 2.24) is 0 Å². The van der Waals surface area contributed by atoms with Crippen LogP contribution in [0.5, 0.6) is 0 Å². The van der Waals surface area contributed by atoms with E-state index in [9.17, 15) is 0 Å². The summed E-state index contributed by atoms with van der Waals surface area (Å²) in [4.78, 5) is 0. The Morgan fingerprint density at radius 2 is 0.297 bits per heavy atom. The van der Waals surface area contributed by atoms with E-state index in [4.69, 9.17) is 0 Å². The fourth-order valence-corrected chi connectivity index (χ4v) is 32.5. The second-order valence-corrected chi connectivity index (χ2v) is 54.1. The van der Waals surface area contributed by atoms with Gasteiger partial charge in [0.1, 0.15) is 0 Å². The summed E-state index contributed by atoms with van der Waals surface area (Å²) in [6, 6.07) is 0. The third-order valence-corrected chi connectivity index (χ3v) is 43.0. The largest absolute Gasteiger partial charge is 0.0883 e. The SMILES string of the molecule is CCC/C=C/C1CCC(C2CCC(CCC)CC2)CC1.CCC/C=C/C1CCC(C2CCC(CCCC)CC2)CC1.CCC/C=C/C1CCC(C2CCC(CCCCC)CC2)CC1.CCCC/C=C/C1CCC(C2CCC(C)CC2)CC1.CCCC/C=C/C1CCC(C2CCC(CC)CC2)CC1.CCCC/C=C/C1CCC(C2CCC(CCC)CC2)CC1.CCCC/C=C/C1CCC(C2CCC(CCCC)CC2)CC1.[HH].[HH].[HH].[HH].[HH].[HH].[HH].[HH].[HH].[HH].[HH].[HH].[HH].[HH]. The molecule has 0 aliphatic heterocycles. The highest BCUT2D eigenvalue weighted by molar-refractivity contribution is 5.01. The van der Waals surface area contributed by atoms with Crippen LogP contribution in [0.25, 0.3) is 0 Å². The molecule has 0 aromatic rings. The molecule has 0 bridgehead atoms. The van der Waals surface area contributed by atoms with Gasteiger partial charge in [-0.1, -0.05) is 439 Å². The summed E-state index contributed by atoms with van der Waals surface area (Å²) in [5, 5.41) is 0. The molecule has 14 saturated carbocycles. The summed E-state index contributed by atoms with van der Waals surface area (Å²) in [6.07, 6.45) is 165. The zero-order valence-electron chi connectivity index (χ0n) is 101. The van der Waals surface area contributed by atoms with Gasteiger partial charge in [-0.15, -0.1) is 0 Å². The van der Waals surface area contributed by atoms with Crippen molar-refractivity contribution >= 4 is 0 Å². The highest BCUT2D eigenvalue weighted by Gasteiger charge is 2.38. The van der Waals surface area contributed by atoms with Crippen LogP contribution in [0, 0.1) is 166 Å². The summed E-state index contributed by atoms with van der Waals surface area (Å²) in [6.45, 7) is 32.5. The smallest absolute Gasteiger partial charge is 0 e. The lowest BCUT2D eigenvalue weighted by Crippen LogP contribution is -2.25. The van der Waals surface area contributed by atoms with E-state index in [1.54, 1.807) is 116 Å². The first-order chi connectivity index (χ1) is 71.3. The molecule has 0 amide bonds. The molecule has 0 heterocycles. The molecule has 0 aromatic heterocycles. The van der Waals surface area contributed by atoms with E-state index in [-0.39, 0.29) is 20.0 Å². The van der Waals surface area contributed by atoms with Crippen LogP contribution >= 0.6 is 0 Å². The van der Waals surface area contributed by atoms with Crippen molar-refractivity contribution in [3.05, 3.63) is 85.1 Å². The Labute approximate surface area is 933 Å². The second-order valence-electron chi connectivity index (χ2n) is 54.1. The number of unbranched alkanes of at least 4 members (excludes halogenated alkanes) is 15. The van der Waals surface area contributed by atoms with Crippen LogP contribution < -0.4 is 0 Å². The van der Waals surface area contributed by atoms with Crippen molar-refractivity contribution in [2.75, 3.05) is 0 Å². The molecule has 14 aliphatic rings. The number of hydrogen-bond acceptors (Lipinski definition) is 0. The average molecular weight is 2030 g/mol. The maximum Gasteiger partial charge on any atom is 0 e. The number of hydrogen-bond donors (Lipinski definition) is 0. The Morgan fingerprint density at radius 3 is 0.469 bits per heavy atom. The molecular formula is C145H290. The summed E-state index contributed by atoms with van der Waals surface area (Å²) >= 11 is 0. The standard InChI is InChI=1S/2C22H40.2C21H38.2C20H36.C19H34.14H2/c1-3-5-7-8-10-20-13-17-22(18-14-20)21-15-11-19(12-16-21)9-6-4-2;1-3-5-7-9-19-11-15-21(16-12-19)22-17-13-20(14-18-22)10-8-6-4-2;1-3-5-6-7-9-19-12-16-21(17-13-19)20-14-10-18(8-4-2)11-15-20;1-3-5-7-9-19-12-16-21(17-13-19)20-14-10-18(11-15-20)8-6-4-2;1-3-5-6-7-8-18-11-15-20(16-12-18)19-13-9-17(4-2)10-14-19;1-3-5-6-8-18-11-15-20(16-12-18)19-13-9-17(7-4-2)10-14-19;1-3-4-5-6-7-17-10-14-19(15-11-17)18-12-8-16(2)9-13-18;;;;;;;;;;;;;;/h8,10,19-22H,3-7,9,11-18H2,1-2H3;7,9,19-22H,3-6,8,10-18H2,1-2H3;2*7,9,18-21H,3-6,8,10-17H2,1-2H3;7-8,17-20H,3-6,9-16H2,1-2H3;6,8,17-20H,3-5,7,9-16H2,1-2H3;6-7,16-19H,3-5,8-15H2,1-2H3;14*1H/b10-8+;3*9-7+;8-7+;8-6+;7-6+;;;;;;;;;;;;;;. The number of rotatable bonds is 47. The van der Waals surface area contributed by atoms with Crippen LogP contribution in [-0.2, 0) is 0 Å². The quantitative estimate of drug-likeness (QED) is 0.0421. The Hall–Kier alpha value is -1.82. The molecule has 145 heavy (non-hydrogen) atoms. The van der Waals surface area contributed by atoms with Gasteiger partial charge in [-0.3, -0.25) is 0 Å². The lowest BCUT2D eigenvalue weighted by molar-refractivity contribution is 0.151. The van der Waals surface area contributed by atoms with Crippen molar-refractivity contribution in [3.63, 3.8) is 0 Å². The minimum Gasteiger partial charge on any atom is -0.0883 e. The molecular weight excluding hydrogens is 1740 g/mol. The van der Waals surface area contributed by atoms with E-state index >= 15 is 0 Å². The lowest BCUT2D eigenvalue weighted by Gasteiger charge is -2.37.